The Morgan fingerprint density at radius 2 is 1.52 bits per heavy atom. The van der Waals surface area contributed by atoms with E-state index in [1.54, 1.807) is 30.3 Å². The number of rotatable bonds is 3. The highest BCUT2D eigenvalue weighted by molar-refractivity contribution is 6.51. The van der Waals surface area contributed by atoms with Gasteiger partial charge in [0.15, 0.2) is 0 Å². The van der Waals surface area contributed by atoms with Gasteiger partial charge in [-0.1, -0.05) is 54.1 Å². The van der Waals surface area contributed by atoms with Crippen LogP contribution in [0.2, 0.25) is 0 Å². The molecule has 0 bridgehead atoms. The molecule has 0 aromatic heterocycles. The van der Waals surface area contributed by atoms with Gasteiger partial charge in [-0.2, -0.15) is 0 Å². The lowest BCUT2D eigenvalue weighted by atomic mass is 9.94. The molecule has 1 atom stereocenters. The lowest BCUT2D eigenvalue weighted by molar-refractivity contribution is -0.132. The third kappa shape index (κ3) is 3.48. The molecule has 3 aromatic rings. The largest absolute Gasteiger partial charge is 0.508 e. The van der Waals surface area contributed by atoms with Crippen LogP contribution in [0.15, 0.2) is 72.3 Å². The molecule has 1 saturated heterocycles. The predicted octanol–water partition coefficient (Wildman–Crippen LogP) is 4.94. The summed E-state index contributed by atoms with van der Waals surface area (Å²) in [6.45, 7) is 5.77. The first-order chi connectivity index (χ1) is 14.8. The van der Waals surface area contributed by atoms with Gasteiger partial charge in [0, 0.05) is 11.3 Å². The van der Waals surface area contributed by atoms with Crippen molar-refractivity contribution in [2.45, 2.75) is 26.8 Å². The van der Waals surface area contributed by atoms with Crippen molar-refractivity contribution < 1.29 is 19.8 Å². The minimum Gasteiger partial charge on any atom is -0.508 e. The number of phenolic OH excluding ortho intramolecular Hbond substituents is 1. The second kappa shape index (κ2) is 7.76. The van der Waals surface area contributed by atoms with E-state index in [1.165, 1.54) is 17.0 Å². The number of ketones is 1. The van der Waals surface area contributed by atoms with Gasteiger partial charge in [-0.3, -0.25) is 14.5 Å². The number of nitrogens with zero attached hydrogens (tertiary/aromatic N) is 1. The van der Waals surface area contributed by atoms with Crippen molar-refractivity contribution in [3.05, 3.63) is 100 Å². The summed E-state index contributed by atoms with van der Waals surface area (Å²) >= 11 is 0. The molecule has 31 heavy (non-hydrogen) atoms. The van der Waals surface area contributed by atoms with E-state index in [1.807, 2.05) is 45.0 Å². The number of hydrogen-bond acceptors (Lipinski definition) is 4. The number of Topliss-reactive ketones (excluding diaryl/α,β-unsaturated/α-hetero) is 1. The summed E-state index contributed by atoms with van der Waals surface area (Å²) in [5, 5.41) is 20.8. The molecule has 5 heteroatoms. The summed E-state index contributed by atoms with van der Waals surface area (Å²) < 4.78 is 0. The topological polar surface area (TPSA) is 77.8 Å². The number of aliphatic hydroxyl groups is 1. The Balaban J connectivity index is 1.98. The molecule has 0 spiro atoms. The molecule has 1 heterocycles. The Hall–Kier alpha value is -3.86. The molecule has 1 aliphatic heterocycles. The van der Waals surface area contributed by atoms with Gasteiger partial charge in [0.05, 0.1) is 11.6 Å². The molecule has 156 valence electrons. The molecule has 0 saturated carbocycles. The lowest BCUT2D eigenvalue weighted by Crippen LogP contribution is -2.30. The highest BCUT2D eigenvalue weighted by Gasteiger charge is 2.47. The van der Waals surface area contributed by atoms with Crippen LogP contribution in [-0.4, -0.2) is 21.9 Å². The second-order valence-corrected chi connectivity index (χ2v) is 7.85. The van der Waals surface area contributed by atoms with Crippen molar-refractivity contribution in [3.8, 4) is 5.75 Å². The SMILES string of the molecule is Cc1ccc(/C(O)=C2\C(=O)C(=O)N(c3cccc(C)c3C)C2c2ccc(O)cc2)cc1. The van der Waals surface area contributed by atoms with E-state index in [0.717, 1.165) is 16.7 Å². The maximum absolute atomic E-state index is 13.2. The molecule has 1 amide bonds. The molecule has 0 radical (unpaired) electrons. The van der Waals surface area contributed by atoms with Crippen LogP contribution in [-0.2, 0) is 9.59 Å². The number of benzene rings is 3. The van der Waals surface area contributed by atoms with E-state index in [0.29, 0.717) is 16.8 Å². The van der Waals surface area contributed by atoms with Gasteiger partial charge in [-0.25, -0.2) is 0 Å². The number of phenols is 1. The van der Waals surface area contributed by atoms with Crippen molar-refractivity contribution in [1.82, 2.24) is 0 Å². The van der Waals surface area contributed by atoms with Gasteiger partial charge in [-0.15, -0.1) is 0 Å². The summed E-state index contributed by atoms with van der Waals surface area (Å²) in [5.41, 5.74) is 4.61. The molecule has 1 aliphatic rings. The Bertz CT molecular complexity index is 1210. The summed E-state index contributed by atoms with van der Waals surface area (Å²) in [7, 11) is 0. The molecule has 1 fully saturated rings. The van der Waals surface area contributed by atoms with Crippen molar-refractivity contribution in [2.24, 2.45) is 0 Å². The first kappa shape index (κ1) is 20.4. The minimum absolute atomic E-state index is 0.0282. The molecule has 4 rings (SSSR count). The van der Waals surface area contributed by atoms with Crippen LogP contribution >= 0.6 is 0 Å². The van der Waals surface area contributed by atoms with Crippen molar-refractivity contribution in [1.29, 1.82) is 0 Å². The average Bonchev–Trinajstić information content (AvgIpc) is 3.01. The normalized spacial score (nSPS) is 17.9. The van der Waals surface area contributed by atoms with Gasteiger partial charge in [-0.05, 0) is 55.7 Å². The second-order valence-electron chi connectivity index (χ2n) is 7.85. The van der Waals surface area contributed by atoms with E-state index >= 15 is 0 Å². The average molecular weight is 413 g/mol. The molecule has 5 nitrogen and oxygen atoms in total. The Morgan fingerprint density at radius 1 is 0.871 bits per heavy atom. The van der Waals surface area contributed by atoms with E-state index in [9.17, 15) is 19.8 Å². The number of aliphatic hydroxyl groups excluding tert-OH is 1. The highest BCUT2D eigenvalue weighted by atomic mass is 16.3. The lowest BCUT2D eigenvalue weighted by Gasteiger charge is -2.27. The zero-order chi connectivity index (χ0) is 22.3. The number of amides is 1. The molecule has 1 unspecified atom stereocenters. The quantitative estimate of drug-likeness (QED) is 0.362. The fraction of sp³-hybridized carbons (Fsp3) is 0.154. The maximum atomic E-state index is 13.2. The summed E-state index contributed by atoms with van der Waals surface area (Å²) in [5.74, 6) is -1.58. The van der Waals surface area contributed by atoms with Gasteiger partial charge in [0.2, 0.25) is 0 Å². The number of aromatic hydroxyl groups is 1. The molecular formula is C26H23NO4. The first-order valence-corrected chi connectivity index (χ1v) is 10.0. The Kier molecular flexibility index (Phi) is 5.11. The third-order valence-corrected chi connectivity index (χ3v) is 5.81. The monoisotopic (exact) mass is 413 g/mol. The highest BCUT2D eigenvalue weighted by Crippen LogP contribution is 2.43. The minimum atomic E-state index is -0.817. The van der Waals surface area contributed by atoms with Crippen molar-refractivity contribution >= 4 is 23.1 Å². The van der Waals surface area contributed by atoms with Gasteiger partial charge >= 0.3 is 0 Å². The van der Waals surface area contributed by atoms with Crippen LogP contribution in [0.4, 0.5) is 5.69 Å². The van der Waals surface area contributed by atoms with Gasteiger partial charge in [0.1, 0.15) is 11.5 Å². The number of anilines is 1. The van der Waals surface area contributed by atoms with Crippen molar-refractivity contribution in [2.75, 3.05) is 4.90 Å². The Labute approximate surface area is 180 Å². The fourth-order valence-corrected chi connectivity index (χ4v) is 3.92. The summed E-state index contributed by atoms with van der Waals surface area (Å²) in [6, 6.07) is 18.2. The zero-order valence-electron chi connectivity index (χ0n) is 17.6. The van der Waals surface area contributed by atoms with Crippen LogP contribution in [0.1, 0.15) is 33.9 Å². The summed E-state index contributed by atoms with van der Waals surface area (Å²) in [6.07, 6.45) is 0. The smallest absolute Gasteiger partial charge is 0.300 e. The number of carbonyl (C=O) groups is 2. The van der Waals surface area contributed by atoms with Crippen LogP contribution in [0.5, 0.6) is 5.75 Å². The predicted molar refractivity (Wildman–Crippen MR) is 120 cm³/mol. The number of hydrogen-bond donors (Lipinski definition) is 2. The van der Waals surface area contributed by atoms with E-state index in [-0.39, 0.29) is 17.1 Å². The molecule has 2 N–H and O–H groups in total. The van der Waals surface area contributed by atoms with E-state index < -0.39 is 17.7 Å². The molecular weight excluding hydrogens is 390 g/mol. The van der Waals surface area contributed by atoms with Crippen LogP contribution in [0.25, 0.3) is 5.76 Å². The molecule has 3 aromatic carbocycles. The first-order valence-electron chi connectivity index (χ1n) is 10.0. The Morgan fingerprint density at radius 3 is 2.16 bits per heavy atom. The maximum Gasteiger partial charge on any atom is 0.300 e. The third-order valence-electron chi connectivity index (χ3n) is 5.81. The van der Waals surface area contributed by atoms with Crippen LogP contribution < -0.4 is 4.90 Å². The number of carbonyl (C=O) groups excluding carboxylic acids is 2. The fourth-order valence-electron chi connectivity index (χ4n) is 3.92. The van der Waals surface area contributed by atoms with Crippen LogP contribution in [0.3, 0.4) is 0 Å². The van der Waals surface area contributed by atoms with Crippen LogP contribution in [0, 0.1) is 20.8 Å². The zero-order valence-corrected chi connectivity index (χ0v) is 17.6. The number of aryl methyl sites for hydroxylation is 2. The van der Waals surface area contributed by atoms with E-state index in [2.05, 4.69) is 0 Å². The van der Waals surface area contributed by atoms with E-state index in [4.69, 9.17) is 0 Å². The molecule has 0 aliphatic carbocycles. The standard InChI is InChI=1S/C26H23NO4/c1-15-7-9-19(10-8-15)24(29)22-23(18-11-13-20(28)14-12-18)27(26(31)25(22)30)21-6-4-5-16(2)17(21)3/h4-14,23,28-29H,1-3H3/b24-22+. The van der Waals surface area contributed by atoms with Gasteiger partial charge < -0.3 is 10.2 Å². The van der Waals surface area contributed by atoms with Gasteiger partial charge in [0.25, 0.3) is 11.7 Å². The summed E-state index contributed by atoms with van der Waals surface area (Å²) in [4.78, 5) is 27.8. The van der Waals surface area contributed by atoms with Crippen molar-refractivity contribution in [3.63, 3.8) is 0 Å².